The van der Waals surface area contributed by atoms with E-state index in [1.807, 2.05) is 37.3 Å². The second-order valence-corrected chi connectivity index (χ2v) is 7.15. The van der Waals surface area contributed by atoms with Gasteiger partial charge in [-0.05, 0) is 13.0 Å². The number of rotatable bonds is 4. The Kier molecular flexibility index (Phi) is 5.02. The van der Waals surface area contributed by atoms with Crippen LogP contribution >= 0.6 is 0 Å². The van der Waals surface area contributed by atoms with E-state index in [9.17, 15) is 14.7 Å². The molecular formula is C21H22N4O4. The predicted molar refractivity (Wildman–Crippen MR) is 107 cm³/mol. The molecule has 1 aromatic carbocycles. The minimum absolute atomic E-state index is 0.155. The first-order valence-electron chi connectivity index (χ1n) is 9.46. The standard InChI is InChI=1S/C21H22N4O4/c1-13-19-16(21(28)25-8-9-29-12-15(25)10-18(26)27)11-17(14-6-4-3-5-7-14)22-20(19)24(2)23-13/h3-7,11,15H,8-10,12H2,1-2H3,(H,26,27). The lowest BCUT2D eigenvalue weighted by Gasteiger charge is -2.35. The molecule has 0 spiro atoms. The minimum Gasteiger partial charge on any atom is -0.481 e. The monoisotopic (exact) mass is 394 g/mol. The molecule has 8 nitrogen and oxygen atoms in total. The van der Waals surface area contributed by atoms with Crippen molar-refractivity contribution < 1.29 is 19.4 Å². The number of pyridine rings is 1. The quantitative estimate of drug-likeness (QED) is 0.729. The highest BCUT2D eigenvalue weighted by molar-refractivity contribution is 6.07. The van der Waals surface area contributed by atoms with Crippen molar-refractivity contribution in [3.63, 3.8) is 0 Å². The summed E-state index contributed by atoms with van der Waals surface area (Å²) >= 11 is 0. The molecule has 0 saturated carbocycles. The fraction of sp³-hybridized carbons (Fsp3) is 0.333. The third-order valence-electron chi connectivity index (χ3n) is 5.17. The van der Waals surface area contributed by atoms with Crippen molar-refractivity contribution in [2.45, 2.75) is 19.4 Å². The van der Waals surface area contributed by atoms with E-state index in [-0.39, 0.29) is 18.9 Å². The van der Waals surface area contributed by atoms with Gasteiger partial charge < -0.3 is 14.7 Å². The van der Waals surface area contributed by atoms with Crippen LogP contribution in [0.25, 0.3) is 22.3 Å². The molecule has 1 N–H and O–H groups in total. The number of amides is 1. The number of hydrogen-bond donors (Lipinski definition) is 1. The van der Waals surface area contributed by atoms with Gasteiger partial charge in [0.15, 0.2) is 5.65 Å². The van der Waals surface area contributed by atoms with Crippen molar-refractivity contribution in [1.82, 2.24) is 19.7 Å². The van der Waals surface area contributed by atoms with Gasteiger partial charge in [-0.15, -0.1) is 0 Å². The number of aliphatic carboxylic acids is 1. The second kappa shape index (κ2) is 7.63. The van der Waals surface area contributed by atoms with E-state index in [0.29, 0.717) is 41.1 Å². The van der Waals surface area contributed by atoms with Gasteiger partial charge in [-0.2, -0.15) is 5.10 Å². The van der Waals surface area contributed by atoms with Gasteiger partial charge in [-0.3, -0.25) is 14.3 Å². The highest BCUT2D eigenvalue weighted by atomic mass is 16.5. The summed E-state index contributed by atoms with van der Waals surface area (Å²) in [6.07, 6.45) is -0.155. The summed E-state index contributed by atoms with van der Waals surface area (Å²) in [5, 5.41) is 14.4. The van der Waals surface area contributed by atoms with Crippen molar-refractivity contribution in [2.75, 3.05) is 19.8 Å². The first kappa shape index (κ1) is 19.1. The van der Waals surface area contributed by atoms with Crippen LogP contribution in [-0.4, -0.2) is 62.4 Å². The van der Waals surface area contributed by atoms with Crippen LogP contribution in [0.4, 0.5) is 0 Å². The molecule has 3 aromatic rings. The molecule has 3 heterocycles. The number of morpholine rings is 1. The Bertz CT molecular complexity index is 1080. The summed E-state index contributed by atoms with van der Waals surface area (Å²) in [6.45, 7) is 2.79. The van der Waals surface area contributed by atoms with Gasteiger partial charge in [0, 0.05) is 19.2 Å². The van der Waals surface area contributed by atoms with Crippen molar-refractivity contribution in [2.24, 2.45) is 7.05 Å². The molecule has 2 aromatic heterocycles. The van der Waals surface area contributed by atoms with Gasteiger partial charge in [-0.1, -0.05) is 30.3 Å². The Hall–Kier alpha value is -3.26. The second-order valence-electron chi connectivity index (χ2n) is 7.15. The summed E-state index contributed by atoms with van der Waals surface area (Å²) in [7, 11) is 1.80. The Labute approximate surface area is 167 Å². The molecule has 1 saturated heterocycles. The summed E-state index contributed by atoms with van der Waals surface area (Å²) in [6, 6.07) is 10.9. The van der Waals surface area contributed by atoms with E-state index in [1.165, 1.54) is 0 Å². The molecular weight excluding hydrogens is 372 g/mol. The van der Waals surface area contributed by atoms with Crippen LogP contribution in [-0.2, 0) is 16.6 Å². The maximum atomic E-state index is 13.6. The van der Waals surface area contributed by atoms with Crippen LogP contribution in [0.1, 0.15) is 22.5 Å². The number of aryl methyl sites for hydroxylation is 2. The first-order chi connectivity index (χ1) is 14.0. The molecule has 8 heteroatoms. The van der Waals surface area contributed by atoms with Crippen molar-refractivity contribution in [3.8, 4) is 11.3 Å². The van der Waals surface area contributed by atoms with Crippen molar-refractivity contribution >= 4 is 22.9 Å². The zero-order valence-corrected chi connectivity index (χ0v) is 16.3. The molecule has 4 rings (SSSR count). The molecule has 1 atom stereocenters. The topological polar surface area (TPSA) is 97.5 Å². The Balaban J connectivity index is 1.85. The lowest BCUT2D eigenvalue weighted by molar-refractivity contribution is -0.139. The number of benzene rings is 1. The molecule has 1 aliphatic heterocycles. The molecule has 29 heavy (non-hydrogen) atoms. The highest BCUT2D eigenvalue weighted by Crippen LogP contribution is 2.28. The lowest BCUT2D eigenvalue weighted by atomic mass is 10.0. The molecule has 1 aliphatic rings. The van der Waals surface area contributed by atoms with Crippen LogP contribution in [0.15, 0.2) is 36.4 Å². The van der Waals surface area contributed by atoms with E-state index in [4.69, 9.17) is 9.72 Å². The number of carboxylic acids is 1. The van der Waals surface area contributed by atoms with E-state index in [2.05, 4.69) is 5.10 Å². The number of carbonyl (C=O) groups is 2. The van der Waals surface area contributed by atoms with E-state index in [1.54, 1.807) is 22.7 Å². The summed E-state index contributed by atoms with van der Waals surface area (Å²) in [4.78, 5) is 31.2. The SMILES string of the molecule is Cc1nn(C)c2nc(-c3ccccc3)cc(C(=O)N3CCOCC3CC(=O)O)c12. The van der Waals surface area contributed by atoms with Crippen molar-refractivity contribution in [1.29, 1.82) is 0 Å². The summed E-state index contributed by atoms with van der Waals surface area (Å²) in [5.41, 5.74) is 3.38. The van der Waals surface area contributed by atoms with E-state index < -0.39 is 12.0 Å². The lowest BCUT2D eigenvalue weighted by Crippen LogP contribution is -2.49. The van der Waals surface area contributed by atoms with Crippen molar-refractivity contribution in [3.05, 3.63) is 47.7 Å². The normalized spacial score (nSPS) is 16.9. The number of ether oxygens (including phenoxy) is 1. The summed E-state index contributed by atoms with van der Waals surface area (Å²) < 4.78 is 7.09. The Morgan fingerprint density at radius 1 is 1.28 bits per heavy atom. The zero-order chi connectivity index (χ0) is 20.5. The predicted octanol–water partition coefficient (Wildman–Crippen LogP) is 2.26. The van der Waals surface area contributed by atoms with E-state index in [0.717, 1.165) is 5.56 Å². The third-order valence-corrected chi connectivity index (χ3v) is 5.17. The minimum atomic E-state index is -0.958. The van der Waals surface area contributed by atoms with Gasteiger partial charge >= 0.3 is 5.97 Å². The average Bonchev–Trinajstić information content (AvgIpc) is 3.01. The maximum Gasteiger partial charge on any atom is 0.305 e. The molecule has 150 valence electrons. The maximum absolute atomic E-state index is 13.6. The number of aromatic nitrogens is 3. The number of fused-ring (bicyclic) bond motifs is 1. The van der Waals surface area contributed by atoms with Crippen LogP contribution in [0.3, 0.4) is 0 Å². The molecule has 1 unspecified atom stereocenters. The van der Waals surface area contributed by atoms with Gasteiger partial charge in [0.1, 0.15) is 0 Å². The average molecular weight is 394 g/mol. The molecule has 0 radical (unpaired) electrons. The Morgan fingerprint density at radius 3 is 2.76 bits per heavy atom. The molecule has 0 bridgehead atoms. The highest BCUT2D eigenvalue weighted by Gasteiger charge is 2.32. The van der Waals surface area contributed by atoms with Crippen LogP contribution in [0, 0.1) is 6.92 Å². The molecule has 0 aliphatic carbocycles. The van der Waals surface area contributed by atoms with Gasteiger partial charge in [0.2, 0.25) is 0 Å². The number of carboxylic acid groups (broad SMARTS) is 1. The van der Waals surface area contributed by atoms with Crippen LogP contribution < -0.4 is 0 Å². The zero-order valence-electron chi connectivity index (χ0n) is 16.3. The molecule has 1 amide bonds. The van der Waals surface area contributed by atoms with E-state index >= 15 is 0 Å². The van der Waals surface area contributed by atoms with Gasteiger partial charge in [-0.25, -0.2) is 4.98 Å². The van der Waals surface area contributed by atoms with Crippen LogP contribution in [0.5, 0.6) is 0 Å². The van der Waals surface area contributed by atoms with Gasteiger partial charge in [0.25, 0.3) is 5.91 Å². The fourth-order valence-electron chi connectivity index (χ4n) is 3.82. The number of nitrogens with zero attached hydrogens (tertiary/aromatic N) is 4. The Morgan fingerprint density at radius 2 is 2.03 bits per heavy atom. The van der Waals surface area contributed by atoms with Gasteiger partial charge in [0.05, 0.1) is 48.0 Å². The number of carbonyl (C=O) groups excluding carboxylic acids is 1. The largest absolute Gasteiger partial charge is 0.481 e. The third kappa shape index (κ3) is 3.58. The van der Waals surface area contributed by atoms with Crippen LogP contribution in [0.2, 0.25) is 0 Å². The molecule has 1 fully saturated rings. The first-order valence-corrected chi connectivity index (χ1v) is 9.46. The fourth-order valence-corrected chi connectivity index (χ4v) is 3.82. The smallest absolute Gasteiger partial charge is 0.305 e. The number of hydrogen-bond acceptors (Lipinski definition) is 5. The summed E-state index contributed by atoms with van der Waals surface area (Å²) in [5.74, 6) is -1.18.